The van der Waals surface area contributed by atoms with Gasteiger partial charge in [-0.15, -0.1) is 0 Å². The molecule has 0 aliphatic carbocycles. The molecule has 0 spiro atoms. The van der Waals surface area contributed by atoms with E-state index in [4.69, 9.17) is 19.9 Å². The van der Waals surface area contributed by atoms with Gasteiger partial charge in [-0.25, -0.2) is 0 Å². The molecule has 102 valence electrons. The standard InChI is InChI=1S/C12H19NO4S/c1-15-3-4-16-5-6-17-12(14)11(13)8-10-2-7-18-9-10/h2,7,9,11H,3-6,8,13H2,1H3. The third kappa shape index (κ3) is 6.11. The average molecular weight is 273 g/mol. The summed E-state index contributed by atoms with van der Waals surface area (Å²) in [6.45, 7) is 1.61. The molecule has 0 amide bonds. The fourth-order valence-corrected chi connectivity index (χ4v) is 1.98. The van der Waals surface area contributed by atoms with Crippen molar-refractivity contribution in [1.82, 2.24) is 0 Å². The second-order valence-electron chi connectivity index (χ2n) is 3.71. The van der Waals surface area contributed by atoms with Crippen molar-refractivity contribution in [1.29, 1.82) is 0 Å². The molecule has 1 heterocycles. The van der Waals surface area contributed by atoms with Gasteiger partial charge in [-0.1, -0.05) is 0 Å². The number of carbonyl (C=O) groups is 1. The smallest absolute Gasteiger partial charge is 0.323 e. The highest BCUT2D eigenvalue weighted by Crippen LogP contribution is 2.08. The van der Waals surface area contributed by atoms with Crippen LogP contribution in [0.5, 0.6) is 0 Å². The molecule has 0 radical (unpaired) electrons. The van der Waals surface area contributed by atoms with E-state index in [2.05, 4.69) is 0 Å². The van der Waals surface area contributed by atoms with E-state index in [-0.39, 0.29) is 6.61 Å². The summed E-state index contributed by atoms with van der Waals surface area (Å²) in [5, 5.41) is 3.93. The second kappa shape index (κ2) is 9.04. The SMILES string of the molecule is COCCOCCOC(=O)C(N)Cc1ccsc1. The maximum atomic E-state index is 11.5. The van der Waals surface area contributed by atoms with Crippen LogP contribution >= 0.6 is 11.3 Å². The van der Waals surface area contributed by atoms with Gasteiger partial charge in [0.2, 0.25) is 0 Å². The lowest BCUT2D eigenvalue weighted by molar-refractivity contribution is -0.146. The normalized spacial score (nSPS) is 12.3. The first kappa shape index (κ1) is 15.1. The molecule has 6 heteroatoms. The van der Waals surface area contributed by atoms with E-state index in [1.54, 1.807) is 18.4 Å². The molecule has 1 atom stereocenters. The van der Waals surface area contributed by atoms with Crippen LogP contribution in [0.25, 0.3) is 0 Å². The first-order valence-corrected chi connectivity index (χ1v) is 6.68. The van der Waals surface area contributed by atoms with Crippen LogP contribution in [0.4, 0.5) is 0 Å². The van der Waals surface area contributed by atoms with Crippen LogP contribution in [0, 0.1) is 0 Å². The Morgan fingerprint density at radius 2 is 2.17 bits per heavy atom. The van der Waals surface area contributed by atoms with E-state index in [9.17, 15) is 4.79 Å². The predicted molar refractivity (Wildman–Crippen MR) is 69.7 cm³/mol. The summed E-state index contributed by atoms with van der Waals surface area (Å²) in [6.07, 6.45) is 0.507. The zero-order chi connectivity index (χ0) is 13.2. The van der Waals surface area contributed by atoms with Crippen molar-refractivity contribution in [2.75, 3.05) is 33.5 Å². The number of rotatable bonds is 9. The summed E-state index contributed by atoms with van der Waals surface area (Å²) in [7, 11) is 1.60. The summed E-state index contributed by atoms with van der Waals surface area (Å²) in [6, 6.07) is 1.34. The number of ether oxygens (including phenoxy) is 3. The molecule has 1 aromatic heterocycles. The summed E-state index contributed by atoms with van der Waals surface area (Å²) in [4.78, 5) is 11.5. The van der Waals surface area contributed by atoms with Gasteiger partial charge >= 0.3 is 5.97 Å². The molecular weight excluding hydrogens is 254 g/mol. The Kier molecular flexibility index (Phi) is 7.59. The highest BCUT2D eigenvalue weighted by Gasteiger charge is 2.15. The monoisotopic (exact) mass is 273 g/mol. The van der Waals surface area contributed by atoms with Gasteiger partial charge in [-0.05, 0) is 28.8 Å². The van der Waals surface area contributed by atoms with E-state index in [1.165, 1.54) is 0 Å². The maximum Gasteiger partial charge on any atom is 0.323 e. The molecular formula is C12H19NO4S. The zero-order valence-corrected chi connectivity index (χ0v) is 11.3. The molecule has 1 unspecified atom stereocenters. The minimum atomic E-state index is -0.612. The number of hydrogen-bond donors (Lipinski definition) is 1. The molecule has 0 aliphatic heterocycles. The van der Waals surface area contributed by atoms with Gasteiger partial charge < -0.3 is 19.9 Å². The Morgan fingerprint density at radius 3 is 2.83 bits per heavy atom. The van der Waals surface area contributed by atoms with Crippen LogP contribution in [0.1, 0.15) is 5.56 Å². The predicted octanol–water partition coefficient (Wildman–Crippen LogP) is 0.824. The number of hydrogen-bond acceptors (Lipinski definition) is 6. The number of nitrogens with two attached hydrogens (primary N) is 1. The lowest BCUT2D eigenvalue weighted by Gasteiger charge is -2.10. The van der Waals surface area contributed by atoms with E-state index >= 15 is 0 Å². The van der Waals surface area contributed by atoms with Crippen molar-refractivity contribution >= 4 is 17.3 Å². The molecule has 0 aliphatic rings. The van der Waals surface area contributed by atoms with Gasteiger partial charge in [0.25, 0.3) is 0 Å². The Bertz CT molecular complexity index is 329. The van der Waals surface area contributed by atoms with Crippen LogP contribution in [-0.2, 0) is 25.4 Å². The molecule has 1 rings (SSSR count). The van der Waals surface area contributed by atoms with Crippen molar-refractivity contribution in [3.63, 3.8) is 0 Å². The third-order valence-corrected chi connectivity index (χ3v) is 2.97. The van der Waals surface area contributed by atoms with Crippen LogP contribution in [0.3, 0.4) is 0 Å². The van der Waals surface area contributed by atoms with Gasteiger partial charge in [-0.3, -0.25) is 4.79 Å². The lowest BCUT2D eigenvalue weighted by atomic mass is 10.1. The van der Waals surface area contributed by atoms with Crippen molar-refractivity contribution < 1.29 is 19.0 Å². The molecule has 0 fully saturated rings. The molecule has 0 saturated heterocycles. The molecule has 2 N–H and O–H groups in total. The molecule has 1 aromatic rings. The summed E-state index contributed by atoms with van der Waals surface area (Å²) >= 11 is 1.58. The number of thiophene rings is 1. The van der Waals surface area contributed by atoms with Crippen LogP contribution < -0.4 is 5.73 Å². The quantitative estimate of drug-likeness (QED) is 0.533. The molecule has 0 saturated carbocycles. The second-order valence-corrected chi connectivity index (χ2v) is 4.49. The Morgan fingerprint density at radius 1 is 1.39 bits per heavy atom. The first-order chi connectivity index (χ1) is 8.74. The van der Waals surface area contributed by atoms with Crippen molar-refractivity contribution in [3.8, 4) is 0 Å². The van der Waals surface area contributed by atoms with Gasteiger partial charge in [0.1, 0.15) is 12.6 Å². The van der Waals surface area contributed by atoms with Crippen LogP contribution in [0.15, 0.2) is 16.8 Å². The highest BCUT2D eigenvalue weighted by molar-refractivity contribution is 7.07. The van der Waals surface area contributed by atoms with Crippen molar-refractivity contribution in [2.24, 2.45) is 5.73 Å². The number of esters is 1. The van der Waals surface area contributed by atoms with E-state index in [0.717, 1.165) is 5.56 Å². The fourth-order valence-electron chi connectivity index (χ4n) is 1.30. The molecule has 0 bridgehead atoms. The topological polar surface area (TPSA) is 70.8 Å². The molecule has 5 nitrogen and oxygen atoms in total. The lowest BCUT2D eigenvalue weighted by Crippen LogP contribution is -2.34. The Hall–Kier alpha value is -0.950. The van der Waals surface area contributed by atoms with Crippen molar-refractivity contribution in [3.05, 3.63) is 22.4 Å². The Balaban J connectivity index is 2.08. The Labute approximate surface area is 111 Å². The van der Waals surface area contributed by atoms with Gasteiger partial charge in [0.15, 0.2) is 0 Å². The molecule has 0 aromatic carbocycles. The minimum Gasteiger partial charge on any atom is -0.462 e. The van der Waals surface area contributed by atoms with Gasteiger partial charge in [0, 0.05) is 7.11 Å². The molecule has 18 heavy (non-hydrogen) atoms. The number of carbonyl (C=O) groups excluding carboxylic acids is 1. The summed E-state index contributed by atoms with van der Waals surface area (Å²) < 4.78 is 15.0. The maximum absolute atomic E-state index is 11.5. The van der Waals surface area contributed by atoms with E-state index in [1.807, 2.05) is 16.8 Å². The van der Waals surface area contributed by atoms with Crippen molar-refractivity contribution in [2.45, 2.75) is 12.5 Å². The third-order valence-electron chi connectivity index (χ3n) is 2.24. The van der Waals surface area contributed by atoms with E-state index < -0.39 is 12.0 Å². The van der Waals surface area contributed by atoms with Crippen LogP contribution in [-0.4, -0.2) is 45.5 Å². The average Bonchev–Trinajstić information content (AvgIpc) is 2.86. The minimum absolute atomic E-state index is 0.222. The fraction of sp³-hybridized carbons (Fsp3) is 0.583. The first-order valence-electron chi connectivity index (χ1n) is 5.74. The van der Waals surface area contributed by atoms with Gasteiger partial charge in [0.05, 0.1) is 19.8 Å². The van der Waals surface area contributed by atoms with Crippen LogP contribution in [0.2, 0.25) is 0 Å². The largest absolute Gasteiger partial charge is 0.462 e. The highest BCUT2D eigenvalue weighted by atomic mass is 32.1. The summed E-state index contributed by atoms with van der Waals surface area (Å²) in [5.41, 5.74) is 6.80. The van der Waals surface area contributed by atoms with E-state index in [0.29, 0.717) is 26.2 Å². The zero-order valence-electron chi connectivity index (χ0n) is 10.5. The summed E-state index contributed by atoms with van der Waals surface area (Å²) in [5.74, 6) is -0.392. The number of methoxy groups -OCH3 is 1. The van der Waals surface area contributed by atoms with Gasteiger partial charge in [-0.2, -0.15) is 11.3 Å².